The van der Waals surface area contributed by atoms with Crippen LogP contribution >= 0.6 is 35.3 Å². The van der Waals surface area contributed by atoms with Crippen LogP contribution in [0.15, 0.2) is 40.7 Å². The van der Waals surface area contributed by atoms with Crippen LogP contribution in [-0.4, -0.2) is 57.7 Å². The fourth-order valence-electron chi connectivity index (χ4n) is 3.43. The van der Waals surface area contributed by atoms with E-state index in [1.807, 2.05) is 4.90 Å². The number of anilines is 1. The molecule has 160 valence electrons. The minimum Gasteiger partial charge on any atom is -0.367 e. The van der Waals surface area contributed by atoms with Gasteiger partial charge in [0.15, 0.2) is 5.96 Å². The maximum atomic E-state index is 14.0. The lowest BCUT2D eigenvalue weighted by molar-refractivity contribution is 0.302. The second kappa shape index (κ2) is 11.1. The number of rotatable bonds is 6. The summed E-state index contributed by atoms with van der Waals surface area (Å²) in [5.41, 5.74) is 0.444. The highest BCUT2D eigenvalue weighted by Gasteiger charge is 2.25. The summed E-state index contributed by atoms with van der Waals surface area (Å²) >= 11 is 1.74. The number of thiophene rings is 1. The molecule has 2 aromatic rings. The zero-order chi connectivity index (χ0) is 20.1. The molecule has 0 amide bonds. The molecule has 3 rings (SSSR count). The average Bonchev–Trinajstić information content (AvgIpc) is 3.33. The van der Waals surface area contributed by atoms with Gasteiger partial charge in [0, 0.05) is 43.7 Å². The van der Waals surface area contributed by atoms with E-state index in [1.54, 1.807) is 18.4 Å². The van der Waals surface area contributed by atoms with E-state index in [4.69, 9.17) is 0 Å². The summed E-state index contributed by atoms with van der Waals surface area (Å²) < 4.78 is 27.2. The molecule has 2 N–H and O–H groups in total. The van der Waals surface area contributed by atoms with Crippen LogP contribution in [0.3, 0.4) is 0 Å². The van der Waals surface area contributed by atoms with Crippen LogP contribution in [0.5, 0.6) is 0 Å². The minimum absolute atomic E-state index is 0. The van der Waals surface area contributed by atoms with Crippen molar-refractivity contribution < 1.29 is 8.78 Å². The molecule has 9 heteroatoms. The quantitative estimate of drug-likeness (QED) is 0.337. The lowest BCUT2D eigenvalue weighted by atomic mass is 10.2. The van der Waals surface area contributed by atoms with Crippen LogP contribution < -0.4 is 15.5 Å². The van der Waals surface area contributed by atoms with Crippen molar-refractivity contribution in [3.05, 3.63) is 52.2 Å². The number of hydrogen-bond donors (Lipinski definition) is 2. The molecule has 0 spiro atoms. The van der Waals surface area contributed by atoms with Gasteiger partial charge in [0.05, 0.1) is 11.7 Å². The van der Waals surface area contributed by atoms with Gasteiger partial charge in [-0.2, -0.15) is 0 Å². The molecule has 29 heavy (non-hydrogen) atoms. The molecule has 1 aromatic heterocycles. The van der Waals surface area contributed by atoms with Gasteiger partial charge >= 0.3 is 0 Å². The Hall–Kier alpha value is -1.46. The number of halogens is 3. The predicted octanol–water partition coefficient (Wildman–Crippen LogP) is 3.69. The molecule has 5 nitrogen and oxygen atoms in total. The summed E-state index contributed by atoms with van der Waals surface area (Å²) in [6.07, 6.45) is 0.861. The summed E-state index contributed by atoms with van der Waals surface area (Å²) in [7, 11) is 5.88. The summed E-state index contributed by atoms with van der Waals surface area (Å²) in [6, 6.07) is 8.34. The molecule has 2 atom stereocenters. The summed E-state index contributed by atoms with van der Waals surface area (Å²) in [4.78, 5) is 9.75. The average molecular weight is 535 g/mol. The van der Waals surface area contributed by atoms with Crippen LogP contribution in [0, 0.1) is 11.6 Å². The van der Waals surface area contributed by atoms with Crippen molar-refractivity contribution in [3.63, 3.8) is 0 Å². The smallest absolute Gasteiger partial charge is 0.191 e. The van der Waals surface area contributed by atoms with Crippen molar-refractivity contribution in [2.75, 3.05) is 45.7 Å². The van der Waals surface area contributed by atoms with Crippen molar-refractivity contribution in [3.8, 4) is 0 Å². The predicted molar refractivity (Wildman–Crippen MR) is 128 cm³/mol. The first-order chi connectivity index (χ1) is 13.5. The fourth-order valence-corrected chi connectivity index (χ4v) is 4.36. The number of likely N-dealkylation sites (N-methyl/N-ethyl adjacent to an activating group) is 1. The SMILES string of the molecule is CN=C(NCC(c1cccs1)N(C)C)NC1CCN(c2ccc(F)cc2F)C1.I. The first-order valence-electron chi connectivity index (χ1n) is 9.35. The molecule has 1 aromatic carbocycles. The monoisotopic (exact) mass is 535 g/mol. The lowest BCUT2D eigenvalue weighted by Gasteiger charge is -2.25. The van der Waals surface area contributed by atoms with Gasteiger partial charge < -0.3 is 20.4 Å². The maximum Gasteiger partial charge on any atom is 0.191 e. The van der Waals surface area contributed by atoms with Crippen molar-refractivity contribution in [1.29, 1.82) is 0 Å². The Morgan fingerprint density at radius 1 is 1.34 bits per heavy atom. The van der Waals surface area contributed by atoms with E-state index >= 15 is 0 Å². The number of benzene rings is 1. The van der Waals surface area contributed by atoms with Crippen molar-refractivity contribution in [2.24, 2.45) is 4.99 Å². The third-order valence-corrected chi connectivity index (χ3v) is 5.93. The summed E-state index contributed by atoms with van der Waals surface area (Å²) in [6.45, 7) is 2.09. The highest BCUT2D eigenvalue weighted by molar-refractivity contribution is 14.0. The van der Waals surface area contributed by atoms with Gasteiger partial charge in [-0.1, -0.05) is 6.07 Å². The minimum atomic E-state index is -0.555. The third-order valence-electron chi connectivity index (χ3n) is 4.96. The Balaban J connectivity index is 0.00000300. The number of hydrogen-bond acceptors (Lipinski definition) is 4. The molecular weight excluding hydrogens is 507 g/mol. The van der Waals surface area contributed by atoms with Crippen molar-refractivity contribution >= 4 is 47.0 Å². The second-order valence-electron chi connectivity index (χ2n) is 7.12. The van der Waals surface area contributed by atoms with E-state index < -0.39 is 11.6 Å². The normalized spacial score (nSPS) is 17.9. The molecule has 0 aliphatic carbocycles. The maximum absolute atomic E-state index is 14.0. The van der Waals surface area contributed by atoms with Gasteiger partial charge in [0.25, 0.3) is 0 Å². The lowest BCUT2D eigenvalue weighted by Crippen LogP contribution is -2.46. The van der Waals surface area contributed by atoms with E-state index in [0.29, 0.717) is 18.8 Å². The molecule has 2 unspecified atom stereocenters. The Kier molecular flexibility index (Phi) is 9.09. The number of nitrogens with zero attached hydrogens (tertiary/aromatic N) is 3. The molecule has 0 saturated carbocycles. The molecule has 0 bridgehead atoms. The topological polar surface area (TPSA) is 42.9 Å². The van der Waals surface area contributed by atoms with E-state index in [1.165, 1.54) is 17.0 Å². The molecule has 2 heterocycles. The van der Waals surface area contributed by atoms with Crippen molar-refractivity contribution in [1.82, 2.24) is 15.5 Å². The molecular formula is C20H28F2IN5S. The number of nitrogens with one attached hydrogen (secondary N) is 2. The third kappa shape index (κ3) is 6.26. The molecule has 1 aliphatic rings. The van der Waals surface area contributed by atoms with Crippen molar-refractivity contribution in [2.45, 2.75) is 18.5 Å². The number of aliphatic imine (C=N–C) groups is 1. The van der Waals surface area contributed by atoms with E-state index in [9.17, 15) is 8.78 Å². The van der Waals surface area contributed by atoms with Gasteiger partial charge in [-0.3, -0.25) is 4.99 Å². The largest absolute Gasteiger partial charge is 0.367 e. The first-order valence-corrected chi connectivity index (χ1v) is 10.2. The summed E-state index contributed by atoms with van der Waals surface area (Å²) in [5, 5.41) is 8.91. The van der Waals surface area contributed by atoms with Crippen LogP contribution in [0.1, 0.15) is 17.3 Å². The molecule has 1 saturated heterocycles. The van der Waals surface area contributed by atoms with Gasteiger partial charge in [-0.05, 0) is 44.1 Å². The van der Waals surface area contributed by atoms with Crippen LogP contribution in [0.2, 0.25) is 0 Å². The molecule has 1 fully saturated rings. The Morgan fingerprint density at radius 2 is 2.14 bits per heavy atom. The van der Waals surface area contributed by atoms with E-state index in [0.717, 1.165) is 25.0 Å². The van der Waals surface area contributed by atoms with E-state index in [-0.39, 0.29) is 36.1 Å². The highest BCUT2D eigenvalue weighted by atomic mass is 127. The highest BCUT2D eigenvalue weighted by Crippen LogP contribution is 2.25. The zero-order valence-corrected chi connectivity index (χ0v) is 20.0. The van der Waals surface area contributed by atoms with Crippen LogP contribution in [-0.2, 0) is 0 Å². The summed E-state index contributed by atoms with van der Waals surface area (Å²) in [5.74, 6) is -0.344. The Morgan fingerprint density at radius 3 is 2.76 bits per heavy atom. The van der Waals surface area contributed by atoms with E-state index in [2.05, 4.69) is 52.1 Å². The fraction of sp³-hybridized carbons (Fsp3) is 0.450. The van der Waals surface area contributed by atoms with Crippen LogP contribution in [0.4, 0.5) is 14.5 Å². The zero-order valence-electron chi connectivity index (χ0n) is 16.9. The standard InChI is InChI=1S/C20H27F2N5S.HI/c1-23-20(24-12-18(26(2)3)19-5-4-10-28-19)25-15-8-9-27(13-15)17-7-6-14(21)11-16(17)22;/h4-7,10-11,15,18H,8-9,12-13H2,1-3H3,(H2,23,24,25);1H. The Bertz CT molecular complexity index is 800. The second-order valence-corrected chi connectivity index (χ2v) is 8.10. The Labute approximate surface area is 192 Å². The van der Waals surface area contributed by atoms with Gasteiger partial charge in [0.1, 0.15) is 11.6 Å². The van der Waals surface area contributed by atoms with Crippen LogP contribution in [0.25, 0.3) is 0 Å². The molecule has 0 radical (unpaired) electrons. The number of guanidine groups is 1. The van der Waals surface area contributed by atoms with Gasteiger partial charge in [-0.25, -0.2) is 8.78 Å². The van der Waals surface area contributed by atoms with Gasteiger partial charge in [0.2, 0.25) is 0 Å². The van der Waals surface area contributed by atoms with Gasteiger partial charge in [-0.15, -0.1) is 35.3 Å². The first kappa shape index (κ1) is 23.8. The molecule has 1 aliphatic heterocycles.